The summed E-state index contributed by atoms with van der Waals surface area (Å²) in [4.78, 5) is 22.9. The molecule has 0 aromatic rings. The molecule has 72 valence electrons. The number of carbonyl (C=O) groups is 2. The molecule has 1 heterocycles. The van der Waals surface area contributed by atoms with Crippen LogP contribution in [0, 0.1) is 11.3 Å². The van der Waals surface area contributed by atoms with Crippen molar-refractivity contribution in [1.29, 1.82) is 0 Å². The van der Waals surface area contributed by atoms with Gasteiger partial charge in [0.2, 0.25) is 0 Å². The van der Waals surface area contributed by atoms with Gasteiger partial charge in [-0.1, -0.05) is 12.8 Å². The summed E-state index contributed by atoms with van der Waals surface area (Å²) < 4.78 is 0. The monoisotopic (exact) mass is 183 g/mol. The SMILES string of the molecule is CC12CCCCC1C(=O)N(O)C2=O. The Morgan fingerprint density at radius 1 is 1.46 bits per heavy atom. The van der Waals surface area contributed by atoms with Crippen LogP contribution in [0.2, 0.25) is 0 Å². The van der Waals surface area contributed by atoms with Crippen molar-refractivity contribution in [3.05, 3.63) is 0 Å². The van der Waals surface area contributed by atoms with E-state index in [0.717, 1.165) is 25.7 Å². The van der Waals surface area contributed by atoms with Gasteiger partial charge in [0.15, 0.2) is 0 Å². The van der Waals surface area contributed by atoms with Crippen LogP contribution in [0.4, 0.5) is 0 Å². The van der Waals surface area contributed by atoms with E-state index in [9.17, 15) is 14.8 Å². The van der Waals surface area contributed by atoms with Crippen LogP contribution in [-0.2, 0) is 9.59 Å². The normalized spacial score (nSPS) is 39.5. The van der Waals surface area contributed by atoms with Crippen molar-refractivity contribution < 1.29 is 14.8 Å². The Bertz CT molecular complexity index is 276. The van der Waals surface area contributed by atoms with E-state index in [-0.39, 0.29) is 5.92 Å². The van der Waals surface area contributed by atoms with Crippen molar-refractivity contribution in [2.24, 2.45) is 11.3 Å². The summed E-state index contributed by atoms with van der Waals surface area (Å²) in [5.41, 5.74) is -0.621. The Kier molecular flexibility index (Phi) is 1.70. The lowest BCUT2D eigenvalue weighted by Crippen LogP contribution is -2.34. The summed E-state index contributed by atoms with van der Waals surface area (Å²) in [6.45, 7) is 1.78. The van der Waals surface area contributed by atoms with Gasteiger partial charge in [0, 0.05) is 0 Å². The third-order valence-corrected chi connectivity index (χ3v) is 3.40. The Balaban J connectivity index is 2.38. The largest absolute Gasteiger partial charge is 0.278 e. The molecule has 13 heavy (non-hydrogen) atoms. The molecule has 1 saturated carbocycles. The fourth-order valence-corrected chi connectivity index (χ4v) is 2.48. The van der Waals surface area contributed by atoms with Gasteiger partial charge in [-0.15, -0.1) is 0 Å². The van der Waals surface area contributed by atoms with Crippen LogP contribution in [0.1, 0.15) is 32.6 Å². The minimum atomic E-state index is -0.621. The molecule has 1 aliphatic carbocycles. The Morgan fingerprint density at radius 2 is 2.15 bits per heavy atom. The molecule has 0 aromatic carbocycles. The van der Waals surface area contributed by atoms with Crippen molar-refractivity contribution in [2.45, 2.75) is 32.6 Å². The maximum Gasteiger partial charge on any atom is 0.260 e. The second kappa shape index (κ2) is 2.54. The average molecular weight is 183 g/mol. The zero-order chi connectivity index (χ0) is 9.64. The molecular formula is C9H13NO3. The van der Waals surface area contributed by atoms with Crippen molar-refractivity contribution in [1.82, 2.24) is 5.06 Å². The lowest BCUT2D eigenvalue weighted by molar-refractivity contribution is -0.174. The minimum Gasteiger partial charge on any atom is -0.278 e. The van der Waals surface area contributed by atoms with Crippen LogP contribution in [0.15, 0.2) is 0 Å². The van der Waals surface area contributed by atoms with Gasteiger partial charge >= 0.3 is 0 Å². The number of rotatable bonds is 0. The first-order valence-electron chi connectivity index (χ1n) is 4.64. The summed E-state index contributed by atoms with van der Waals surface area (Å²) >= 11 is 0. The molecule has 1 aliphatic heterocycles. The number of carbonyl (C=O) groups excluding carboxylic acids is 2. The number of amides is 2. The molecule has 0 aromatic heterocycles. The standard InChI is InChI=1S/C9H13NO3/c1-9-5-3-2-4-6(9)7(11)10(13)8(9)12/h6,13H,2-5H2,1H3. The van der Waals surface area contributed by atoms with Crippen molar-refractivity contribution >= 4 is 11.8 Å². The van der Waals surface area contributed by atoms with E-state index >= 15 is 0 Å². The number of hydroxylamine groups is 2. The predicted octanol–water partition coefficient (Wildman–Crippen LogP) is 0.941. The lowest BCUT2D eigenvalue weighted by Gasteiger charge is -2.30. The Labute approximate surface area is 76.5 Å². The van der Waals surface area contributed by atoms with E-state index in [0.29, 0.717) is 5.06 Å². The van der Waals surface area contributed by atoms with Gasteiger partial charge < -0.3 is 0 Å². The molecule has 0 bridgehead atoms. The van der Waals surface area contributed by atoms with E-state index in [1.165, 1.54) is 0 Å². The third kappa shape index (κ3) is 0.950. The molecule has 2 atom stereocenters. The molecule has 2 amide bonds. The quantitative estimate of drug-likeness (QED) is 0.449. The maximum absolute atomic E-state index is 11.5. The highest BCUT2D eigenvalue weighted by Gasteiger charge is 2.56. The molecule has 0 spiro atoms. The zero-order valence-electron chi connectivity index (χ0n) is 7.62. The average Bonchev–Trinajstić information content (AvgIpc) is 2.29. The van der Waals surface area contributed by atoms with Crippen molar-refractivity contribution in [2.75, 3.05) is 0 Å². The van der Waals surface area contributed by atoms with E-state index in [1.807, 2.05) is 0 Å². The molecule has 2 aliphatic rings. The molecule has 2 fully saturated rings. The zero-order valence-corrected chi connectivity index (χ0v) is 7.62. The van der Waals surface area contributed by atoms with Crippen molar-refractivity contribution in [3.63, 3.8) is 0 Å². The van der Waals surface area contributed by atoms with Gasteiger partial charge in [-0.05, 0) is 19.8 Å². The van der Waals surface area contributed by atoms with Crippen LogP contribution in [0.3, 0.4) is 0 Å². The fourth-order valence-electron chi connectivity index (χ4n) is 2.48. The summed E-state index contributed by atoms with van der Waals surface area (Å²) in [6.07, 6.45) is 3.41. The lowest BCUT2D eigenvalue weighted by atomic mass is 9.69. The first-order chi connectivity index (χ1) is 6.07. The van der Waals surface area contributed by atoms with Crippen LogP contribution in [0.25, 0.3) is 0 Å². The van der Waals surface area contributed by atoms with Crippen LogP contribution in [-0.4, -0.2) is 22.1 Å². The van der Waals surface area contributed by atoms with Crippen LogP contribution < -0.4 is 0 Å². The summed E-state index contributed by atoms with van der Waals surface area (Å²) in [5, 5.41) is 9.51. The molecule has 2 rings (SSSR count). The summed E-state index contributed by atoms with van der Waals surface area (Å²) in [5.74, 6) is -1.10. The van der Waals surface area contributed by atoms with Crippen LogP contribution in [0.5, 0.6) is 0 Å². The summed E-state index contributed by atoms with van der Waals surface area (Å²) in [6, 6.07) is 0. The number of nitrogens with zero attached hydrogens (tertiary/aromatic N) is 1. The second-order valence-corrected chi connectivity index (χ2v) is 4.17. The predicted molar refractivity (Wildman–Crippen MR) is 43.7 cm³/mol. The fraction of sp³-hybridized carbons (Fsp3) is 0.778. The molecule has 0 radical (unpaired) electrons. The third-order valence-electron chi connectivity index (χ3n) is 3.40. The molecule has 1 N–H and O–H groups in total. The number of hydrogen-bond donors (Lipinski definition) is 1. The molecule has 1 saturated heterocycles. The topological polar surface area (TPSA) is 57.6 Å². The van der Waals surface area contributed by atoms with Gasteiger partial charge in [-0.3, -0.25) is 14.8 Å². The van der Waals surface area contributed by atoms with Gasteiger partial charge in [0.1, 0.15) is 0 Å². The van der Waals surface area contributed by atoms with Gasteiger partial charge in [0.05, 0.1) is 11.3 Å². The first-order valence-corrected chi connectivity index (χ1v) is 4.64. The van der Waals surface area contributed by atoms with E-state index < -0.39 is 17.2 Å². The second-order valence-electron chi connectivity index (χ2n) is 4.17. The smallest absolute Gasteiger partial charge is 0.260 e. The van der Waals surface area contributed by atoms with Gasteiger partial charge in [0.25, 0.3) is 11.8 Å². The highest BCUT2D eigenvalue weighted by atomic mass is 16.5. The molecule has 2 unspecified atom stereocenters. The Hall–Kier alpha value is -0.900. The summed E-state index contributed by atoms with van der Waals surface area (Å²) in [7, 11) is 0. The number of imide groups is 1. The highest BCUT2D eigenvalue weighted by Crippen LogP contribution is 2.47. The van der Waals surface area contributed by atoms with Crippen molar-refractivity contribution in [3.8, 4) is 0 Å². The number of hydrogen-bond acceptors (Lipinski definition) is 3. The number of fused-ring (bicyclic) bond motifs is 1. The Morgan fingerprint density at radius 3 is 2.77 bits per heavy atom. The molecular weight excluding hydrogens is 170 g/mol. The molecule has 4 heteroatoms. The maximum atomic E-state index is 11.5. The highest BCUT2D eigenvalue weighted by molar-refractivity contribution is 6.06. The van der Waals surface area contributed by atoms with E-state index in [1.54, 1.807) is 6.92 Å². The van der Waals surface area contributed by atoms with E-state index in [2.05, 4.69) is 0 Å². The van der Waals surface area contributed by atoms with Crippen LogP contribution >= 0.6 is 0 Å². The van der Waals surface area contributed by atoms with Gasteiger partial charge in [-0.25, -0.2) is 0 Å². The van der Waals surface area contributed by atoms with E-state index in [4.69, 9.17) is 0 Å². The molecule has 4 nitrogen and oxygen atoms in total. The van der Waals surface area contributed by atoms with Gasteiger partial charge in [-0.2, -0.15) is 5.06 Å². The minimum absolute atomic E-state index is 0.279. The first kappa shape index (κ1) is 8.69.